The van der Waals surface area contributed by atoms with Gasteiger partial charge in [0.2, 0.25) is 10.0 Å². The number of aliphatic hydroxyl groups excluding tert-OH is 1. The van der Waals surface area contributed by atoms with Crippen molar-refractivity contribution in [2.24, 2.45) is 0 Å². The van der Waals surface area contributed by atoms with E-state index in [1.54, 1.807) is 0 Å². The lowest BCUT2D eigenvalue weighted by atomic mass is 10.1. The first-order valence-electron chi connectivity index (χ1n) is 4.28. The van der Waals surface area contributed by atoms with E-state index in [-0.39, 0.29) is 17.3 Å². The van der Waals surface area contributed by atoms with Gasteiger partial charge in [-0.25, -0.2) is 8.42 Å². The van der Waals surface area contributed by atoms with Crippen LogP contribution >= 0.6 is 15.9 Å². The van der Waals surface area contributed by atoms with Crippen molar-refractivity contribution in [1.82, 2.24) is 4.31 Å². The molecule has 1 aliphatic rings. The third kappa shape index (κ3) is 2.65. The van der Waals surface area contributed by atoms with Gasteiger partial charge < -0.3 is 5.11 Å². The van der Waals surface area contributed by atoms with E-state index >= 15 is 0 Å². The molecule has 1 aliphatic heterocycles. The Labute approximate surface area is 87.1 Å². The third-order valence-electron chi connectivity index (χ3n) is 2.28. The molecule has 0 aromatic heterocycles. The van der Waals surface area contributed by atoms with Gasteiger partial charge in [0.05, 0.1) is 6.61 Å². The first kappa shape index (κ1) is 11.4. The van der Waals surface area contributed by atoms with E-state index in [0.717, 1.165) is 19.3 Å². The number of piperidine rings is 1. The second-order valence-corrected chi connectivity index (χ2v) is 6.39. The summed E-state index contributed by atoms with van der Waals surface area (Å²) in [6.45, 7) is 0.464. The number of aliphatic hydroxyl groups is 1. The summed E-state index contributed by atoms with van der Waals surface area (Å²) in [5.74, 6) is 0. The maximum absolute atomic E-state index is 11.5. The van der Waals surface area contributed by atoms with Gasteiger partial charge in [-0.2, -0.15) is 4.31 Å². The summed E-state index contributed by atoms with van der Waals surface area (Å²) in [5, 5.41) is 9.00. The lowest BCUT2D eigenvalue weighted by molar-refractivity contribution is 0.155. The Morgan fingerprint density at radius 2 is 2.15 bits per heavy atom. The fourth-order valence-corrected chi connectivity index (χ4v) is 3.53. The summed E-state index contributed by atoms with van der Waals surface area (Å²) in [5.41, 5.74) is 0. The molecule has 6 heteroatoms. The minimum absolute atomic E-state index is 0.0590. The first-order chi connectivity index (χ1) is 6.11. The normalized spacial score (nSPS) is 26.2. The Balaban J connectivity index is 2.75. The van der Waals surface area contributed by atoms with Gasteiger partial charge in [0, 0.05) is 12.6 Å². The van der Waals surface area contributed by atoms with Crippen molar-refractivity contribution in [2.75, 3.05) is 17.8 Å². The van der Waals surface area contributed by atoms with Gasteiger partial charge in [0.1, 0.15) is 4.66 Å². The van der Waals surface area contributed by atoms with Gasteiger partial charge >= 0.3 is 0 Å². The van der Waals surface area contributed by atoms with E-state index in [1.807, 2.05) is 0 Å². The highest BCUT2D eigenvalue weighted by Crippen LogP contribution is 2.20. The van der Waals surface area contributed by atoms with Crippen molar-refractivity contribution >= 4 is 26.0 Å². The molecule has 0 amide bonds. The standard InChI is InChI=1S/C7H14BrNO3S/c8-6-13(11,12)9-4-2-1-3-7(9)5-10/h7,10H,1-6H2. The van der Waals surface area contributed by atoms with Crippen molar-refractivity contribution < 1.29 is 13.5 Å². The van der Waals surface area contributed by atoms with Crippen molar-refractivity contribution in [3.05, 3.63) is 0 Å². The number of rotatable bonds is 3. The van der Waals surface area contributed by atoms with Crippen LogP contribution in [0.15, 0.2) is 0 Å². The minimum Gasteiger partial charge on any atom is -0.395 e. The predicted molar refractivity (Wildman–Crippen MR) is 54.1 cm³/mol. The summed E-state index contributed by atoms with van der Waals surface area (Å²) in [6, 6.07) is -0.212. The van der Waals surface area contributed by atoms with E-state index < -0.39 is 10.0 Å². The predicted octanol–water partition coefficient (Wildman–Crippen LogP) is 0.515. The molecule has 1 rings (SSSR count). The summed E-state index contributed by atoms with van der Waals surface area (Å²) < 4.78 is 24.3. The molecule has 4 nitrogen and oxygen atoms in total. The lowest BCUT2D eigenvalue weighted by Gasteiger charge is -2.32. The molecule has 0 saturated carbocycles. The molecule has 1 atom stereocenters. The topological polar surface area (TPSA) is 57.6 Å². The van der Waals surface area contributed by atoms with Crippen LogP contribution in [0.5, 0.6) is 0 Å². The number of halogens is 1. The molecule has 1 saturated heterocycles. The highest BCUT2D eigenvalue weighted by Gasteiger charge is 2.30. The first-order valence-corrected chi connectivity index (χ1v) is 7.01. The van der Waals surface area contributed by atoms with Crippen LogP contribution in [0.2, 0.25) is 0 Å². The van der Waals surface area contributed by atoms with Crippen LogP contribution in [-0.2, 0) is 10.0 Å². The van der Waals surface area contributed by atoms with E-state index in [9.17, 15) is 8.42 Å². The van der Waals surface area contributed by atoms with Gasteiger partial charge in [-0.1, -0.05) is 22.4 Å². The summed E-state index contributed by atoms with van der Waals surface area (Å²) in [4.78, 5) is 0. The fraction of sp³-hybridized carbons (Fsp3) is 1.00. The third-order valence-corrected chi connectivity index (χ3v) is 5.49. The second-order valence-electron chi connectivity index (χ2n) is 3.16. The highest BCUT2D eigenvalue weighted by atomic mass is 79.9. The fourth-order valence-electron chi connectivity index (χ4n) is 1.59. The van der Waals surface area contributed by atoms with Crippen LogP contribution in [-0.4, -0.2) is 41.7 Å². The monoisotopic (exact) mass is 271 g/mol. The van der Waals surface area contributed by atoms with Crippen molar-refractivity contribution in [2.45, 2.75) is 25.3 Å². The zero-order chi connectivity index (χ0) is 9.90. The number of hydrogen-bond acceptors (Lipinski definition) is 3. The van der Waals surface area contributed by atoms with Gasteiger partial charge in [0.25, 0.3) is 0 Å². The van der Waals surface area contributed by atoms with Crippen LogP contribution in [0.25, 0.3) is 0 Å². The van der Waals surface area contributed by atoms with E-state index in [0.29, 0.717) is 6.54 Å². The summed E-state index contributed by atoms with van der Waals surface area (Å²) >= 11 is 2.95. The van der Waals surface area contributed by atoms with Crippen molar-refractivity contribution in [1.29, 1.82) is 0 Å². The molecule has 0 spiro atoms. The lowest BCUT2D eigenvalue weighted by Crippen LogP contribution is -2.45. The number of hydrogen-bond donors (Lipinski definition) is 1. The van der Waals surface area contributed by atoms with E-state index in [2.05, 4.69) is 15.9 Å². The Hall–Kier alpha value is 0.350. The smallest absolute Gasteiger partial charge is 0.224 e. The molecule has 0 aromatic carbocycles. The number of alkyl halides is 1. The largest absolute Gasteiger partial charge is 0.395 e. The Morgan fingerprint density at radius 3 is 2.69 bits per heavy atom. The molecule has 1 N–H and O–H groups in total. The molecule has 0 aliphatic carbocycles. The maximum atomic E-state index is 11.5. The summed E-state index contributed by atoms with van der Waals surface area (Å²) in [6.07, 6.45) is 2.66. The molecule has 1 fully saturated rings. The quantitative estimate of drug-likeness (QED) is 0.762. The molecule has 1 unspecified atom stereocenters. The van der Waals surface area contributed by atoms with Gasteiger partial charge in [-0.15, -0.1) is 0 Å². The summed E-state index contributed by atoms with van der Waals surface area (Å²) in [7, 11) is -3.19. The van der Waals surface area contributed by atoms with Gasteiger partial charge in [0.15, 0.2) is 0 Å². The van der Waals surface area contributed by atoms with Crippen molar-refractivity contribution in [3.8, 4) is 0 Å². The minimum atomic E-state index is -3.19. The molecule has 13 heavy (non-hydrogen) atoms. The van der Waals surface area contributed by atoms with Crippen LogP contribution in [0.4, 0.5) is 0 Å². The zero-order valence-electron chi connectivity index (χ0n) is 7.32. The maximum Gasteiger partial charge on any atom is 0.224 e. The Morgan fingerprint density at radius 1 is 1.46 bits per heavy atom. The van der Waals surface area contributed by atoms with Crippen LogP contribution < -0.4 is 0 Å². The number of sulfonamides is 1. The highest BCUT2D eigenvalue weighted by molar-refractivity contribution is 9.10. The average molecular weight is 272 g/mol. The average Bonchev–Trinajstić information content (AvgIpc) is 2.18. The molecule has 1 heterocycles. The molecule has 78 valence electrons. The van der Waals surface area contributed by atoms with E-state index in [1.165, 1.54) is 4.31 Å². The molecule has 0 aromatic rings. The zero-order valence-corrected chi connectivity index (χ0v) is 9.72. The van der Waals surface area contributed by atoms with Crippen LogP contribution in [0.3, 0.4) is 0 Å². The van der Waals surface area contributed by atoms with Gasteiger partial charge in [-0.05, 0) is 12.8 Å². The molecule has 0 bridgehead atoms. The van der Waals surface area contributed by atoms with Crippen molar-refractivity contribution in [3.63, 3.8) is 0 Å². The molecule has 0 radical (unpaired) electrons. The van der Waals surface area contributed by atoms with Crippen LogP contribution in [0, 0.1) is 0 Å². The SMILES string of the molecule is O=S(=O)(CBr)N1CCCCC1CO. The molecular formula is C7H14BrNO3S. The number of nitrogens with zero attached hydrogens (tertiary/aromatic N) is 1. The second kappa shape index (κ2) is 4.72. The Bertz CT molecular complexity index is 254. The Kier molecular flexibility index (Phi) is 4.15. The van der Waals surface area contributed by atoms with Gasteiger partial charge in [-0.3, -0.25) is 0 Å². The van der Waals surface area contributed by atoms with E-state index in [4.69, 9.17) is 5.11 Å². The van der Waals surface area contributed by atoms with Crippen LogP contribution in [0.1, 0.15) is 19.3 Å². The molecular weight excluding hydrogens is 258 g/mol.